The summed E-state index contributed by atoms with van der Waals surface area (Å²) in [4.78, 5) is 12.9. The molecule has 0 fully saturated rings. The van der Waals surface area contributed by atoms with E-state index in [1.54, 1.807) is 12.2 Å². The van der Waals surface area contributed by atoms with Crippen molar-refractivity contribution < 1.29 is 9.53 Å². The molecular formula is C10H17NO2. The molecule has 0 aromatic rings. The van der Waals surface area contributed by atoms with Gasteiger partial charge in [0.05, 0.1) is 0 Å². The fourth-order valence-electron chi connectivity index (χ4n) is 0.558. The zero-order valence-corrected chi connectivity index (χ0v) is 8.65. The van der Waals surface area contributed by atoms with Crippen LogP contribution in [0.1, 0.15) is 13.8 Å². The molecule has 0 spiro atoms. The Balaban J connectivity index is 3.87. The van der Waals surface area contributed by atoms with Gasteiger partial charge >= 0.3 is 5.97 Å². The van der Waals surface area contributed by atoms with E-state index in [9.17, 15) is 4.79 Å². The molecule has 0 aromatic carbocycles. The van der Waals surface area contributed by atoms with E-state index >= 15 is 0 Å². The largest absolute Gasteiger partial charge is 0.444 e. The van der Waals surface area contributed by atoms with Crippen molar-refractivity contribution in [1.82, 2.24) is 4.90 Å². The first kappa shape index (κ1) is 11.9. The lowest BCUT2D eigenvalue weighted by molar-refractivity contribution is -0.149. The van der Waals surface area contributed by atoms with Crippen LogP contribution in [-0.4, -0.2) is 31.2 Å². The van der Waals surface area contributed by atoms with Crippen LogP contribution in [0, 0.1) is 0 Å². The summed E-state index contributed by atoms with van der Waals surface area (Å²) in [5.74, 6) is -0.320. The molecule has 0 bridgehead atoms. The summed E-state index contributed by atoms with van der Waals surface area (Å²) in [6.45, 7) is 3.71. The molecule has 0 amide bonds. The summed E-state index contributed by atoms with van der Waals surface area (Å²) >= 11 is 0. The lowest BCUT2D eigenvalue weighted by Gasteiger charge is -2.18. The molecule has 1 unspecified atom stereocenters. The maximum atomic E-state index is 11.1. The maximum absolute atomic E-state index is 11.1. The standard InChI is InChI=1S/C10H17NO2/c1-5-6-7-8-10(12)13-9(2)11(3)4/h5-9H,1-4H3/b6-5+,8-7+. The summed E-state index contributed by atoms with van der Waals surface area (Å²) in [5, 5.41) is 0. The first-order chi connectivity index (χ1) is 6.07. The third-order valence-electron chi connectivity index (χ3n) is 1.55. The van der Waals surface area contributed by atoms with E-state index in [4.69, 9.17) is 4.74 Å². The molecule has 74 valence electrons. The topological polar surface area (TPSA) is 29.5 Å². The molecule has 0 radical (unpaired) electrons. The molecule has 0 N–H and O–H groups in total. The number of hydrogen-bond donors (Lipinski definition) is 0. The maximum Gasteiger partial charge on any atom is 0.332 e. The summed E-state index contributed by atoms with van der Waals surface area (Å²) in [6, 6.07) is 0. The fraction of sp³-hybridized carbons (Fsp3) is 0.500. The minimum absolute atomic E-state index is 0.192. The summed E-state index contributed by atoms with van der Waals surface area (Å²) in [7, 11) is 3.71. The normalized spacial score (nSPS) is 14.2. The van der Waals surface area contributed by atoms with Gasteiger partial charge in [-0.15, -0.1) is 0 Å². The second-order valence-corrected chi connectivity index (χ2v) is 2.88. The van der Waals surface area contributed by atoms with Crippen LogP contribution in [0.25, 0.3) is 0 Å². The van der Waals surface area contributed by atoms with Gasteiger partial charge in [-0.05, 0) is 27.9 Å². The van der Waals surface area contributed by atoms with Gasteiger partial charge in [0, 0.05) is 6.08 Å². The van der Waals surface area contributed by atoms with Crippen LogP contribution in [0.4, 0.5) is 0 Å². The lowest BCUT2D eigenvalue weighted by atomic mass is 10.4. The Morgan fingerprint density at radius 3 is 2.46 bits per heavy atom. The Labute approximate surface area is 79.7 Å². The van der Waals surface area contributed by atoms with Gasteiger partial charge < -0.3 is 4.74 Å². The van der Waals surface area contributed by atoms with Crippen LogP contribution in [0.2, 0.25) is 0 Å². The first-order valence-electron chi connectivity index (χ1n) is 4.24. The third kappa shape index (κ3) is 6.11. The average Bonchev–Trinajstić information content (AvgIpc) is 2.04. The van der Waals surface area contributed by atoms with E-state index in [0.717, 1.165) is 0 Å². The van der Waals surface area contributed by atoms with Crippen molar-refractivity contribution in [1.29, 1.82) is 0 Å². The van der Waals surface area contributed by atoms with Crippen LogP contribution < -0.4 is 0 Å². The first-order valence-corrected chi connectivity index (χ1v) is 4.24. The Morgan fingerprint density at radius 1 is 1.38 bits per heavy atom. The number of allylic oxidation sites excluding steroid dienone is 3. The zero-order chi connectivity index (χ0) is 10.3. The van der Waals surface area contributed by atoms with Crippen molar-refractivity contribution in [2.75, 3.05) is 14.1 Å². The second kappa shape index (κ2) is 6.43. The van der Waals surface area contributed by atoms with Crippen LogP contribution in [-0.2, 0) is 9.53 Å². The molecule has 0 aliphatic heterocycles. The molecule has 0 aromatic heterocycles. The van der Waals surface area contributed by atoms with Gasteiger partial charge in [-0.25, -0.2) is 4.79 Å². The van der Waals surface area contributed by atoms with Crippen LogP contribution >= 0.6 is 0 Å². The Kier molecular flexibility index (Phi) is 5.89. The van der Waals surface area contributed by atoms with Crippen molar-refractivity contribution in [3.05, 3.63) is 24.3 Å². The summed E-state index contributed by atoms with van der Waals surface area (Å²) in [5.41, 5.74) is 0. The monoisotopic (exact) mass is 183 g/mol. The van der Waals surface area contributed by atoms with Gasteiger partial charge in [-0.3, -0.25) is 4.90 Å². The minimum Gasteiger partial charge on any atom is -0.444 e. The van der Waals surface area contributed by atoms with E-state index in [1.165, 1.54) is 6.08 Å². The van der Waals surface area contributed by atoms with Gasteiger partial charge in [-0.2, -0.15) is 0 Å². The fourth-order valence-corrected chi connectivity index (χ4v) is 0.558. The minimum atomic E-state index is -0.320. The highest BCUT2D eigenvalue weighted by molar-refractivity contribution is 5.82. The van der Waals surface area contributed by atoms with Crippen molar-refractivity contribution in [3.8, 4) is 0 Å². The zero-order valence-electron chi connectivity index (χ0n) is 8.65. The highest BCUT2D eigenvalue weighted by atomic mass is 16.6. The molecule has 3 heteroatoms. The predicted octanol–water partition coefficient (Wildman–Crippen LogP) is 1.57. The lowest BCUT2D eigenvalue weighted by Crippen LogP contribution is -2.29. The van der Waals surface area contributed by atoms with Crippen LogP contribution in [0.15, 0.2) is 24.3 Å². The van der Waals surface area contributed by atoms with Gasteiger partial charge in [0.25, 0.3) is 0 Å². The molecule has 0 heterocycles. The number of esters is 1. The predicted molar refractivity (Wildman–Crippen MR) is 53.2 cm³/mol. The van der Waals surface area contributed by atoms with Gasteiger partial charge in [0.1, 0.15) is 0 Å². The van der Waals surface area contributed by atoms with Gasteiger partial charge in [0.2, 0.25) is 0 Å². The molecular weight excluding hydrogens is 166 g/mol. The Morgan fingerprint density at radius 2 is 2.00 bits per heavy atom. The smallest absolute Gasteiger partial charge is 0.332 e. The second-order valence-electron chi connectivity index (χ2n) is 2.88. The third-order valence-corrected chi connectivity index (χ3v) is 1.55. The van der Waals surface area contributed by atoms with Crippen molar-refractivity contribution >= 4 is 5.97 Å². The molecule has 3 nitrogen and oxygen atoms in total. The van der Waals surface area contributed by atoms with Gasteiger partial charge in [-0.1, -0.05) is 18.2 Å². The molecule has 13 heavy (non-hydrogen) atoms. The van der Waals surface area contributed by atoms with E-state index in [-0.39, 0.29) is 12.2 Å². The molecule has 0 saturated carbocycles. The van der Waals surface area contributed by atoms with Crippen molar-refractivity contribution in [2.24, 2.45) is 0 Å². The molecule has 0 aliphatic carbocycles. The SMILES string of the molecule is C/C=C/C=C/C(=O)OC(C)N(C)C. The van der Waals surface area contributed by atoms with Crippen molar-refractivity contribution in [2.45, 2.75) is 20.1 Å². The molecule has 0 rings (SSSR count). The Bertz CT molecular complexity index is 207. The average molecular weight is 183 g/mol. The molecule has 0 saturated heterocycles. The van der Waals surface area contributed by atoms with Crippen molar-refractivity contribution in [3.63, 3.8) is 0 Å². The van der Waals surface area contributed by atoms with E-state index in [1.807, 2.05) is 38.9 Å². The number of rotatable bonds is 4. The molecule has 1 atom stereocenters. The quantitative estimate of drug-likeness (QED) is 0.287. The number of carbonyl (C=O) groups excluding carboxylic acids is 1. The van der Waals surface area contributed by atoms with E-state index < -0.39 is 0 Å². The number of carbonyl (C=O) groups is 1. The van der Waals surface area contributed by atoms with Crippen LogP contribution in [0.3, 0.4) is 0 Å². The number of nitrogens with zero attached hydrogens (tertiary/aromatic N) is 1. The highest BCUT2D eigenvalue weighted by Gasteiger charge is 2.07. The van der Waals surface area contributed by atoms with E-state index in [2.05, 4.69) is 0 Å². The van der Waals surface area contributed by atoms with Crippen LogP contribution in [0.5, 0.6) is 0 Å². The number of hydrogen-bond acceptors (Lipinski definition) is 3. The molecule has 0 aliphatic rings. The van der Waals surface area contributed by atoms with E-state index in [0.29, 0.717) is 0 Å². The Hall–Kier alpha value is -1.09. The highest BCUT2D eigenvalue weighted by Crippen LogP contribution is 1.95. The van der Waals surface area contributed by atoms with Gasteiger partial charge in [0.15, 0.2) is 6.23 Å². The number of ether oxygens (including phenoxy) is 1. The summed E-state index contributed by atoms with van der Waals surface area (Å²) in [6.07, 6.45) is 6.49. The summed E-state index contributed by atoms with van der Waals surface area (Å²) < 4.78 is 5.02.